The van der Waals surface area contributed by atoms with Crippen LogP contribution < -0.4 is 0 Å². The zero-order valence-corrected chi connectivity index (χ0v) is 16.8. The van der Waals surface area contributed by atoms with Crippen LogP contribution in [-0.2, 0) is 9.59 Å². The van der Waals surface area contributed by atoms with E-state index >= 15 is 0 Å². The van der Waals surface area contributed by atoms with E-state index in [-0.39, 0.29) is 29.8 Å². The molecule has 0 radical (unpaired) electrons. The molecule has 1 saturated carbocycles. The minimum absolute atomic E-state index is 0.0961. The van der Waals surface area contributed by atoms with Crippen LogP contribution in [0.5, 0.6) is 0 Å². The number of unbranched alkanes of at least 4 members (excludes halogenated alkanes) is 1. The molecule has 1 unspecified atom stereocenters. The molecule has 0 spiro atoms. The van der Waals surface area contributed by atoms with E-state index in [0.717, 1.165) is 25.7 Å². The van der Waals surface area contributed by atoms with Crippen molar-refractivity contribution in [2.24, 2.45) is 11.8 Å². The molecule has 0 bridgehead atoms. The van der Waals surface area contributed by atoms with Crippen LogP contribution in [0.25, 0.3) is 0 Å². The molecule has 0 aliphatic heterocycles. The lowest BCUT2D eigenvalue weighted by atomic mass is 9.88. The van der Waals surface area contributed by atoms with Crippen LogP contribution in [0.4, 0.5) is 0 Å². The zero-order chi connectivity index (χ0) is 20.3. The second kappa shape index (κ2) is 12.2. The van der Waals surface area contributed by atoms with Gasteiger partial charge in [0, 0.05) is 24.7 Å². The SMILES string of the molecule is CCCCC(C)(O)C/C=C/[C@H]1[C@H](O)CC(=O)[C@@H]1CC/C=C\CCC(=O)CO. The van der Waals surface area contributed by atoms with Crippen molar-refractivity contribution < 1.29 is 24.9 Å². The van der Waals surface area contributed by atoms with Crippen molar-refractivity contribution in [2.45, 2.75) is 83.3 Å². The molecule has 0 heterocycles. The molecule has 4 atom stereocenters. The normalized spacial score (nSPS) is 25.5. The van der Waals surface area contributed by atoms with Crippen molar-refractivity contribution in [3.8, 4) is 0 Å². The fourth-order valence-corrected chi connectivity index (χ4v) is 3.57. The van der Waals surface area contributed by atoms with E-state index in [4.69, 9.17) is 5.11 Å². The van der Waals surface area contributed by atoms with Gasteiger partial charge in [-0.25, -0.2) is 0 Å². The van der Waals surface area contributed by atoms with Gasteiger partial charge in [-0.15, -0.1) is 0 Å². The molecule has 27 heavy (non-hydrogen) atoms. The summed E-state index contributed by atoms with van der Waals surface area (Å²) in [4.78, 5) is 23.2. The lowest BCUT2D eigenvalue weighted by Crippen LogP contribution is -2.23. The molecule has 1 aliphatic carbocycles. The van der Waals surface area contributed by atoms with E-state index in [0.29, 0.717) is 25.7 Å². The summed E-state index contributed by atoms with van der Waals surface area (Å²) in [6, 6.07) is 0. The fourth-order valence-electron chi connectivity index (χ4n) is 3.57. The van der Waals surface area contributed by atoms with Gasteiger partial charge in [0.05, 0.1) is 11.7 Å². The van der Waals surface area contributed by atoms with E-state index in [9.17, 15) is 19.8 Å². The van der Waals surface area contributed by atoms with Crippen LogP contribution in [-0.4, -0.2) is 45.2 Å². The van der Waals surface area contributed by atoms with Gasteiger partial charge in [0.2, 0.25) is 0 Å². The van der Waals surface area contributed by atoms with Gasteiger partial charge in [0.25, 0.3) is 0 Å². The molecule has 3 N–H and O–H groups in total. The monoisotopic (exact) mass is 380 g/mol. The van der Waals surface area contributed by atoms with Crippen molar-refractivity contribution in [3.63, 3.8) is 0 Å². The van der Waals surface area contributed by atoms with E-state index in [1.165, 1.54) is 0 Å². The fraction of sp³-hybridized carbons (Fsp3) is 0.727. The largest absolute Gasteiger partial charge is 0.392 e. The molecule has 0 saturated heterocycles. The van der Waals surface area contributed by atoms with Crippen molar-refractivity contribution in [2.75, 3.05) is 6.61 Å². The summed E-state index contributed by atoms with van der Waals surface area (Å²) >= 11 is 0. The summed E-state index contributed by atoms with van der Waals surface area (Å²) in [6.07, 6.45) is 12.8. The molecule has 5 nitrogen and oxygen atoms in total. The molecule has 1 aliphatic rings. The summed E-state index contributed by atoms with van der Waals surface area (Å²) in [5.41, 5.74) is -0.746. The number of rotatable bonds is 13. The summed E-state index contributed by atoms with van der Waals surface area (Å²) in [6.45, 7) is 3.50. The van der Waals surface area contributed by atoms with Crippen molar-refractivity contribution in [3.05, 3.63) is 24.3 Å². The van der Waals surface area contributed by atoms with E-state index in [1.807, 2.05) is 31.2 Å². The number of aliphatic hydroxyl groups excluding tert-OH is 2. The van der Waals surface area contributed by atoms with E-state index in [2.05, 4.69) is 6.92 Å². The third-order valence-electron chi connectivity index (χ3n) is 5.29. The number of carbonyl (C=O) groups excluding carboxylic acids is 2. The first kappa shape index (κ1) is 23.7. The van der Waals surface area contributed by atoms with Gasteiger partial charge < -0.3 is 15.3 Å². The smallest absolute Gasteiger partial charge is 0.158 e. The highest BCUT2D eigenvalue weighted by Gasteiger charge is 2.39. The van der Waals surface area contributed by atoms with Gasteiger partial charge in [-0.3, -0.25) is 9.59 Å². The van der Waals surface area contributed by atoms with Gasteiger partial charge in [-0.05, 0) is 39.0 Å². The Morgan fingerprint density at radius 3 is 2.63 bits per heavy atom. The molecule has 154 valence electrons. The first-order chi connectivity index (χ1) is 12.8. The van der Waals surface area contributed by atoms with Gasteiger partial charge in [-0.1, -0.05) is 44.1 Å². The predicted molar refractivity (Wildman–Crippen MR) is 106 cm³/mol. The molecular weight excluding hydrogens is 344 g/mol. The third kappa shape index (κ3) is 8.96. The quantitative estimate of drug-likeness (QED) is 0.427. The number of allylic oxidation sites excluding steroid dienone is 2. The second-order valence-electron chi connectivity index (χ2n) is 7.94. The number of ketones is 2. The average molecular weight is 381 g/mol. The van der Waals surface area contributed by atoms with Gasteiger partial charge >= 0.3 is 0 Å². The first-order valence-electron chi connectivity index (χ1n) is 10.2. The summed E-state index contributed by atoms with van der Waals surface area (Å²) in [5, 5.41) is 29.2. The number of hydrogen-bond acceptors (Lipinski definition) is 5. The third-order valence-corrected chi connectivity index (χ3v) is 5.29. The van der Waals surface area contributed by atoms with Crippen molar-refractivity contribution >= 4 is 11.6 Å². The topological polar surface area (TPSA) is 94.8 Å². The molecular formula is C22H36O5. The maximum atomic E-state index is 12.2. The maximum Gasteiger partial charge on any atom is 0.158 e. The Labute approximate surface area is 163 Å². The lowest BCUT2D eigenvalue weighted by molar-refractivity contribution is -0.122. The minimum atomic E-state index is -0.746. The van der Waals surface area contributed by atoms with Crippen LogP contribution in [0.15, 0.2) is 24.3 Å². The van der Waals surface area contributed by atoms with Gasteiger partial charge in [0.15, 0.2) is 5.78 Å². The highest BCUT2D eigenvalue weighted by molar-refractivity contribution is 5.84. The number of aliphatic hydroxyl groups is 3. The Hall–Kier alpha value is -1.30. The number of Topliss-reactive ketones (excluding diaryl/α,β-unsaturated/α-hetero) is 2. The minimum Gasteiger partial charge on any atom is -0.392 e. The van der Waals surface area contributed by atoms with Crippen molar-refractivity contribution in [1.29, 1.82) is 0 Å². The molecule has 0 aromatic heterocycles. The zero-order valence-electron chi connectivity index (χ0n) is 16.8. The molecule has 1 rings (SSSR count). The maximum absolute atomic E-state index is 12.2. The number of hydrogen-bond donors (Lipinski definition) is 3. The molecule has 0 amide bonds. The van der Waals surface area contributed by atoms with Crippen LogP contribution in [0, 0.1) is 11.8 Å². The molecule has 5 heteroatoms. The van der Waals surface area contributed by atoms with Crippen LogP contribution in [0.2, 0.25) is 0 Å². The summed E-state index contributed by atoms with van der Waals surface area (Å²) in [7, 11) is 0. The van der Waals surface area contributed by atoms with Crippen LogP contribution in [0.3, 0.4) is 0 Å². The Bertz CT molecular complexity index is 521. The van der Waals surface area contributed by atoms with Crippen LogP contribution >= 0.6 is 0 Å². The van der Waals surface area contributed by atoms with Gasteiger partial charge in [-0.2, -0.15) is 0 Å². The average Bonchev–Trinajstić information content (AvgIpc) is 2.89. The lowest BCUT2D eigenvalue weighted by Gasteiger charge is -2.22. The highest BCUT2D eigenvalue weighted by Crippen LogP contribution is 2.34. The van der Waals surface area contributed by atoms with Crippen molar-refractivity contribution in [1.82, 2.24) is 0 Å². The molecule has 1 fully saturated rings. The van der Waals surface area contributed by atoms with E-state index < -0.39 is 18.3 Å². The van der Waals surface area contributed by atoms with Gasteiger partial charge in [0.1, 0.15) is 12.4 Å². The molecule has 0 aromatic rings. The second-order valence-corrected chi connectivity index (χ2v) is 7.94. The Morgan fingerprint density at radius 2 is 1.96 bits per heavy atom. The predicted octanol–water partition coefficient (Wildman–Crippen LogP) is 3.12. The Kier molecular flexibility index (Phi) is 10.7. The Balaban J connectivity index is 2.49. The van der Waals surface area contributed by atoms with E-state index in [1.54, 1.807) is 0 Å². The Morgan fingerprint density at radius 1 is 1.26 bits per heavy atom. The standard InChI is InChI=1S/C22H36O5/c1-3-4-13-22(2,27)14-9-12-19-18(20(25)15-21(19)26)11-8-6-5-7-10-17(24)16-23/h5-6,9,12,18-19,21,23,26-27H,3-4,7-8,10-11,13-16H2,1-2H3/b6-5-,12-9+/t18-,19-,21-,22?/m1/s1. The summed E-state index contributed by atoms with van der Waals surface area (Å²) < 4.78 is 0. The highest BCUT2D eigenvalue weighted by atomic mass is 16.3. The molecule has 0 aromatic carbocycles. The van der Waals surface area contributed by atoms with Crippen LogP contribution in [0.1, 0.15) is 71.6 Å². The number of carbonyl (C=O) groups is 2. The summed E-state index contributed by atoms with van der Waals surface area (Å²) in [5.74, 6) is -0.461. The first-order valence-corrected chi connectivity index (χ1v) is 10.2.